The zero-order valence-electron chi connectivity index (χ0n) is 12.6. The van der Waals surface area contributed by atoms with E-state index in [4.69, 9.17) is 0 Å². The minimum atomic E-state index is 0.226. The molecule has 0 aliphatic heterocycles. The second-order valence-corrected chi connectivity index (χ2v) is 6.91. The highest BCUT2D eigenvalue weighted by molar-refractivity contribution is 5.76. The number of hydrogen-bond acceptors (Lipinski definition) is 2. The van der Waals surface area contributed by atoms with E-state index >= 15 is 0 Å². The molecule has 0 aromatic heterocycles. The van der Waals surface area contributed by atoms with Gasteiger partial charge in [0, 0.05) is 25.0 Å². The first kappa shape index (κ1) is 14.8. The van der Waals surface area contributed by atoms with Crippen LogP contribution in [0.1, 0.15) is 65.2 Å². The minimum Gasteiger partial charge on any atom is -0.353 e. The van der Waals surface area contributed by atoms with Crippen LogP contribution in [0.4, 0.5) is 0 Å². The van der Waals surface area contributed by atoms with Gasteiger partial charge in [-0.15, -0.1) is 0 Å². The first-order valence-electron chi connectivity index (χ1n) is 8.16. The average Bonchev–Trinajstić information content (AvgIpc) is 3.12. The Morgan fingerprint density at radius 3 is 2.63 bits per heavy atom. The number of carbonyl (C=O) groups is 1. The topological polar surface area (TPSA) is 41.1 Å². The van der Waals surface area contributed by atoms with Crippen LogP contribution in [0.2, 0.25) is 0 Å². The van der Waals surface area contributed by atoms with Gasteiger partial charge in [0.2, 0.25) is 5.91 Å². The zero-order valence-corrected chi connectivity index (χ0v) is 12.6. The molecule has 2 aliphatic carbocycles. The fourth-order valence-corrected chi connectivity index (χ4v) is 3.27. The first-order chi connectivity index (χ1) is 9.13. The molecule has 2 N–H and O–H groups in total. The molecular formula is C16H30N2O. The van der Waals surface area contributed by atoms with Crippen LogP contribution in [0.25, 0.3) is 0 Å². The minimum absolute atomic E-state index is 0.226. The van der Waals surface area contributed by atoms with Gasteiger partial charge in [-0.25, -0.2) is 0 Å². The van der Waals surface area contributed by atoms with Gasteiger partial charge in [-0.2, -0.15) is 0 Å². The predicted octanol–water partition coefficient (Wildman–Crippen LogP) is 2.85. The molecule has 2 aliphatic rings. The molecule has 0 radical (unpaired) electrons. The Bertz CT molecular complexity index is 286. The highest BCUT2D eigenvalue weighted by Crippen LogP contribution is 2.29. The van der Waals surface area contributed by atoms with Crippen molar-refractivity contribution in [2.45, 2.75) is 77.3 Å². The van der Waals surface area contributed by atoms with E-state index in [2.05, 4.69) is 24.5 Å². The van der Waals surface area contributed by atoms with Crippen molar-refractivity contribution in [3.05, 3.63) is 0 Å². The smallest absolute Gasteiger partial charge is 0.221 e. The van der Waals surface area contributed by atoms with Gasteiger partial charge in [-0.1, -0.05) is 26.7 Å². The van der Waals surface area contributed by atoms with E-state index in [9.17, 15) is 4.79 Å². The second-order valence-electron chi connectivity index (χ2n) is 6.91. The van der Waals surface area contributed by atoms with Gasteiger partial charge in [0.05, 0.1) is 0 Å². The molecule has 3 heteroatoms. The van der Waals surface area contributed by atoms with Crippen molar-refractivity contribution in [3.8, 4) is 0 Å². The third-order valence-electron chi connectivity index (χ3n) is 4.32. The first-order valence-corrected chi connectivity index (χ1v) is 8.16. The fourth-order valence-electron chi connectivity index (χ4n) is 3.27. The van der Waals surface area contributed by atoms with Crippen molar-refractivity contribution in [1.29, 1.82) is 0 Å². The van der Waals surface area contributed by atoms with Crippen molar-refractivity contribution in [1.82, 2.24) is 10.6 Å². The van der Waals surface area contributed by atoms with E-state index in [1.807, 2.05) is 0 Å². The molecule has 19 heavy (non-hydrogen) atoms. The van der Waals surface area contributed by atoms with Crippen molar-refractivity contribution in [2.24, 2.45) is 11.8 Å². The molecule has 2 fully saturated rings. The standard InChI is InChI=1S/C16H30N2O/c1-12(2)10-13-4-3-5-15(11-13)17-9-8-16(19)18-14-6-7-14/h12-15,17H,3-11H2,1-2H3,(H,18,19). The van der Waals surface area contributed by atoms with E-state index < -0.39 is 0 Å². The van der Waals surface area contributed by atoms with Gasteiger partial charge >= 0.3 is 0 Å². The molecule has 0 saturated heterocycles. The molecule has 0 heterocycles. The van der Waals surface area contributed by atoms with Crippen LogP contribution in [-0.2, 0) is 4.79 Å². The third kappa shape index (κ3) is 5.94. The third-order valence-corrected chi connectivity index (χ3v) is 4.32. The van der Waals surface area contributed by atoms with Crippen LogP contribution in [0.5, 0.6) is 0 Å². The lowest BCUT2D eigenvalue weighted by atomic mass is 9.81. The van der Waals surface area contributed by atoms with Gasteiger partial charge in [0.25, 0.3) is 0 Å². The predicted molar refractivity (Wildman–Crippen MR) is 79.0 cm³/mol. The zero-order chi connectivity index (χ0) is 13.7. The molecule has 0 aromatic carbocycles. The Morgan fingerprint density at radius 2 is 1.95 bits per heavy atom. The van der Waals surface area contributed by atoms with Crippen molar-refractivity contribution >= 4 is 5.91 Å². The van der Waals surface area contributed by atoms with Crippen molar-refractivity contribution in [2.75, 3.05) is 6.54 Å². The summed E-state index contributed by atoms with van der Waals surface area (Å²) in [5, 5.41) is 6.64. The van der Waals surface area contributed by atoms with E-state index in [0.717, 1.165) is 18.4 Å². The second kappa shape index (κ2) is 7.28. The van der Waals surface area contributed by atoms with Crippen LogP contribution in [0.3, 0.4) is 0 Å². The maximum absolute atomic E-state index is 11.6. The average molecular weight is 266 g/mol. The summed E-state index contributed by atoms with van der Waals surface area (Å²) < 4.78 is 0. The number of hydrogen-bond donors (Lipinski definition) is 2. The summed E-state index contributed by atoms with van der Waals surface area (Å²) in [6.07, 6.45) is 9.71. The van der Waals surface area contributed by atoms with Gasteiger partial charge in [-0.05, 0) is 43.9 Å². The van der Waals surface area contributed by atoms with Crippen LogP contribution in [-0.4, -0.2) is 24.5 Å². The molecule has 2 atom stereocenters. The largest absolute Gasteiger partial charge is 0.353 e. The van der Waals surface area contributed by atoms with Gasteiger partial charge in [0.1, 0.15) is 0 Å². The van der Waals surface area contributed by atoms with E-state index in [-0.39, 0.29) is 5.91 Å². The molecule has 1 amide bonds. The summed E-state index contributed by atoms with van der Waals surface area (Å²) in [6.45, 7) is 5.48. The SMILES string of the molecule is CC(C)CC1CCCC(NCCC(=O)NC2CC2)C1. The number of amides is 1. The van der Waals surface area contributed by atoms with Gasteiger partial charge < -0.3 is 10.6 Å². The van der Waals surface area contributed by atoms with Gasteiger partial charge in [-0.3, -0.25) is 4.79 Å². The number of rotatable bonds is 7. The lowest BCUT2D eigenvalue weighted by Crippen LogP contribution is -2.37. The van der Waals surface area contributed by atoms with E-state index in [0.29, 0.717) is 18.5 Å². The molecule has 0 bridgehead atoms. The molecular weight excluding hydrogens is 236 g/mol. The normalized spacial score (nSPS) is 27.5. The molecule has 2 rings (SSSR count). The van der Waals surface area contributed by atoms with Crippen LogP contribution >= 0.6 is 0 Å². The molecule has 3 nitrogen and oxygen atoms in total. The van der Waals surface area contributed by atoms with E-state index in [1.54, 1.807) is 0 Å². The maximum Gasteiger partial charge on any atom is 0.221 e. The van der Waals surface area contributed by atoms with E-state index in [1.165, 1.54) is 44.9 Å². The van der Waals surface area contributed by atoms with Gasteiger partial charge in [0.15, 0.2) is 0 Å². The Labute approximate surface area is 117 Å². The molecule has 0 spiro atoms. The number of carbonyl (C=O) groups excluding carboxylic acids is 1. The molecule has 110 valence electrons. The molecule has 2 saturated carbocycles. The summed E-state index contributed by atoms with van der Waals surface area (Å²) in [6, 6.07) is 1.14. The highest BCUT2D eigenvalue weighted by Gasteiger charge is 2.24. The fraction of sp³-hybridized carbons (Fsp3) is 0.938. The highest BCUT2D eigenvalue weighted by atomic mass is 16.1. The van der Waals surface area contributed by atoms with Crippen LogP contribution < -0.4 is 10.6 Å². The Kier molecular flexibility index (Phi) is 5.68. The Morgan fingerprint density at radius 1 is 1.16 bits per heavy atom. The summed E-state index contributed by atoms with van der Waals surface area (Å²) in [5.41, 5.74) is 0. The lowest BCUT2D eigenvalue weighted by Gasteiger charge is -2.30. The summed E-state index contributed by atoms with van der Waals surface area (Å²) in [4.78, 5) is 11.6. The van der Waals surface area contributed by atoms with Crippen LogP contribution in [0, 0.1) is 11.8 Å². The van der Waals surface area contributed by atoms with Crippen LogP contribution in [0.15, 0.2) is 0 Å². The molecule has 0 aromatic rings. The lowest BCUT2D eigenvalue weighted by molar-refractivity contribution is -0.121. The summed E-state index contributed by atoms with van der Waals surface area (Å²) in [5.74, 6) is 1.93. The molecule has 2 unspecified atom stereocenters. The Balaban J connectivity index is 1.57. The quantitative estimate of drug-likeness (QED) is 0.744. The maximum atomic E-state index is 11.6. The van der Waals surface area contributed by atoms with Crippen molar-refractivity contribution < 1.29 is 4.79 Å². The Hall–Kier alpha value is -0.570. The number of nitrogens with one attached hydrogen (secondary N) is 2. The van der Waals surface area contributed by atoms with Crippen molar-refractivity contribution in [3.63, 3.8) is 0 Å². The monoisotopic (exact) mass is 266 g/mol. The summed E-state index contributed by atoms with van der Waals surface area (Å²) in [7, 11) is 0. The summed E-state index contributed by atoms with van der Waals surface area (Å²) >= 11 is 0.